The lowest BCUT2D eigenvalue weighted by atomic mass is 10.0. The predicted molar refractivity (Wildman–Crippen MR) is 126 cm³/mol. The van der Waals surface area contributed by atoms with E-state index in [9.17, 15) is 9.18 Å². The van der Waals surface area contributed by atoms with E-state index in [1.54, 1.807) is 12.1 Å². The van der Waals surface area contributed by atoms with Crippen LogP contribution in [-0.2, 0) is 30.8 Å². The van der Waals surface area contributed by atoms with Crippen LogP contribution < -0.4 is 0 Å². The Morgan fingerprint density at radius 2 is 1.94 bits per heavy atom. The lowest BCUT2D eigenvalue weighted by Crippen LogP contribution is -2.36. The van der Waals surface area contributed by atoms with Gasteiger partial charge in [-0.15, -0.1) is 0 Å². The zero-order valence-corrected chi connectivity index (χ0v) is 19.4. The van der Waals surface area contributed by atoms with Gasteiger partial charge in [-0.3, -0.25) is 9.69 Å². The minimum Gasteiger partial charge on any atom is -0.334 e. The van der Waals surface area contributed by atoms with Crippen LogP contribution in [0.4, 0.5) is 4.39 Å². The monoisotopic (exact) mass is 446 g/mol. The minimum absolute atomic E-state index is 0.0258. The van der Waals surface area contributed by atoms with Crippen LogP contribution in [0.3, 0.4) is 0 Å². The van der Waals surface area contributed by atoms with Gasteiger partial charge in [-0.05, 0) is 42.7 Å². The normalized spacial score (nSPS) is 16.1. The van der Waals surface area contributed by atoms with Crippen LogP contribution in [-0.4, -0.2) is 38.1 Å². The third kappa shape index (κ3) is 4.71. The maximum Gasteiger partial charge on any atom is 0.225 e. The van der Waals surface area contributed by atoms with E-state index in [1.165, 1.54) is 17.3 Å². The summed E-state index contributed by atoms with van der Waals surface area (Å²) in [6.07, 6.45) is 3.02. The molecule has 0 radical (unpaired) electrons. The summed E-state index contributed by atoms with van der Waals surface area (Å²) in [6.45, 7) is 6.83. The Morgan fingerprint density at radius 1 is 1.15 bits per heavy atom. The highest BCUT2D eigenvalue weighted by Gasteiger charge is 2.35. The topological polar surface area (TPSA) is 41.4 Å². The number of rotatable bonds is 7. The van der Waals surface area contributed by atoms with Gasteiger partial charge >= 0.3 is 0 Å². The molecule has 33 heavy (non-hydrogen) atoms. The summed E-state index contributed by atoms with van der Waals surface area (Å²) >= 11 is 0. The molecular weight excluding hydrogens is 415 g/mol. The maximum atomic E-state index is 13.7. The van der Waals surface area contributed by atoms with Crippen molar-refractivity contribution in [2.24, 2.45) is 5.92 Å². The van der Waals surface area contributed by atoms with Gasteiger partial charge in [0.25, 0.3) is 0 Å². The molecule has 6 heteroatoms. The van der Waals surface area contributed by atoms with Crippen LogP contribution in [0.15, 0.2) is 54.6 Å². The number of amides is 1. The van der Waals surface area contributed by atoms with Crippen LogP contribution >= 0.6 is 0 Å². The van der Waals surface area contributed by atoms with Crippen LogP contribution in [0.25, 0.3) is 5.69 Å². The van der Waals surface area contributed by atoms with E-state index in [-0.39, 0.29) is 17.6 Å². The molecule has 0 saturated heterocycles. The Kier molecular flexibility index (Phi) is 6.02. The first-order chi connectivity index (χ1) is 16.0. The van der Waals surface area contributed by atoms with E-state index in [4.69, 9.17) is 5.10 Å². The molecule has 3 aromatic rings. The number of hydrogen-bond acceptors (Lipinski definition) is 3. The molecule has 5 nitrogen and oxygen atoms in total. The van der Waals surface area contributed by atoms with Crippen molar-refractivity contribution in [1.82, 2.24) is 19.6 Å². The van der Waals surface area contributed by atoms with Crippen LogP contribution in [0.1, 0.15) is 49.2 Å². The fourth-order valence-electron chi connectivity index (χ4n) is 4.75. The maximum absolute atomic E-state index is 13.7. The molecule has 1 saturated carbocycles. The van der Waals surface area contributed by atoms with Gasteiger partial charge < -0.3 is 4.90 Å². The highest BCUT2D eigenvalue weighted by Crippen LogP contribution is 2.32. The molecule has 2 aliphatic rings. The second kappa shape index (κ2) is 9.10. The number of carbonyl (C=O) groups excluding carboxylic acids is 1. The van der Waals surface area contributed by atoms with E-state index in [0.29, 0.717) is 19.1 Å². The number of carbonyl (C=O) groups is 1. The van der Waals surface area contributed by atoms with Crippen molar-refractivity contribution in [3.63, 3.8) is 0 Å². The first-order valence-corrected chi connectivity index (χ1v) is 11.9. The summed E-state index contributed by atoms with van der Waals surface area (Å²) in [5.41, 5.74) is 5.44. The largest absolute Gasteiger partial charge is 0.334 e. The summed E-state index contributed by atoms with van der Waals surface area (Å²) in [6, 6.07) is 17.4. The average molecular weight is 447 g/mol. The van der Waals surface area contributed by atoms with E-state index in [0.717, 1.165) is 49.3 Å². The van der Waals surface area contributed by atoms with Crippen LogP contribution in [0, 0.1) is 11.7 Å². The van der Waals surface area contributed by atoms with Crippen LogP contribution in [0.5, 0.6) is 0 Å². The van der Waals surface area contributed by atoms with Gasteiger partial charge in [0.15, 0.2) is 0 Å². The molecule has 0 unspecified atom stereocenters. The van der Waals surface area contributed by atoms with Gasteiger partial charge in [0.05, 0.1) is 23.6 Å². The van der Waals surface area contributed by atoms with E-state index < -0.39 is 0 Å². The number of halogens is 1. The van der Waals surface area contributed by atoms with Crippen molar-refractivity contribution in [1.29, 1.82) is 0 Å². The molecular formula is C27H31FN4O. The van der Waals surface area contributed by atoms with Crippen molar-refractivity contribution in [3.05, 3.63) is 82.9 Å². The van der Waals surface area contributed by atoms with Gasteiger partial charge in [-0.1, -0.05) is 44.2 Å². The van der Waals surface area contributed by atoms with Crippen molar-refractivity contribution in [2.45, 2.75) is 58.8 Å². The summed E-state index contributed by atoms with van der Waals surface area (Å²) < 4.78 is 15.8. The van der Waals surface area contributed by atoms with Gasteiger partial charge in [0.1, 0.15) is 5.82 Å². The third-order valence-electron chi connectivity index (χ3n) is 6.60. The molecule has 0 bridgehead atoms. The second-order valence-corrected chi connectivity index (χ2v) is 9.56. The zero-order valence-electron chi connectivity index (χ0n) is 19.4. The standard InChI is InChI=1S/C27H31FN4O/c1-19(2)27(33)31(22-11-12-22)18-25-24-17-30(16-20-7-6-8-21(28)15-20)14-13-26(24)32(29-25)23-9-4-3-5-10-23/h3-10,15,19,22H,11-14,16-18H2,1-2H3. The molecule has 2 aromatic carbocycles. The fourth-order valence-corrected chi connectivity index (χ4v) is 4.75. The molecule has 1 aliphatic carbocycles. The first-order valence-electron chi connectivity index (χ1n) is 11.9. The minimum atomic E-state index is -0.199. The molecule has 0 spiro atoms. The predicted octanol–water partition coefficient (Wildman–Crippen LogP) is 4.72. The van der Waals surface area contributed by atoms with Gasteiger partial charge in [-0.25, -0.2) is 9.07 Å². The van der Waals surface area contributed by atoms with Crippen LogP contribution in [0.2, 0.25) is 0 Å². The number of para-hydroxylation sites is 1. The van der Waals surface area contributed by atoms with E-state index in [1.807, 2.05) is 43.0 Å². The zero-order chi connectivity index (χ0) is 22.9. The molecule has 1 aliphatic heterocycles. The van der Waals surface area contributed by atoms with Gasteiger partial charge in [0.2, 0.25) is 5.91 Å². The van der Waals surface area contributed by atoms with E-state index >= 15 is 0 Å². The van der Waals surface area contributed by atoms with E-state index in [2.05, 4.69) is 21.7 Å². The summed E-state index contributed by atoms with van der Waals surface area (Å²) in [5, 5.41) is 5.05. The SMILES string of the molecule is CC(C)C(=O)N(Cc1nn(-c2ccccc2)c2c1CN(Cc1cccc(F)c1)CC2)C1CC1. The molecule has 5 rings (SSSR count). The highest BCUT2D eigenvalue weighted by molar-refractivity contribution is 5.78. The van der Waals surface area contributed by atoms with Crippen molar-refractivity contribution in [3.8, 4) is 5.69 Å². The summed E-state index contributed by atoms with van der Waals surface area (Å²) in [5.74, 6) is -0.0230. The number of fused-ring (bicyclic) bond motifs is 1. The molecule has 1 fully saturated rings. The Balaban J connectivity index is 1.47. The molecule has 1 aromatic heterocycles. The Morgan fingerprint density at radius 3 is 2.64 bits per heavy atom. The molecule has 2 heterocycles. The lowest BCUT2D eigenvalue weighted by molar-refractivity contribution is -0.135. The summed E-state index contributed by atoms with van der Waals surface area (Å²) in [4.78, 5) is 17.3. The second-order valence-electron chi connectivity index (χ2n) is 9.56. The molecule has 172 valence electrons. The highest BCUT2D eigenvalue weighted by atomic mass is 19.1. The Hall–Kier alpha value is -2.99. The number of hydrogen-bond donors (Lipinski definition) is 0. The average Bonchev–Trinajstić information content (AvgIpc) is 3.59. The fraction of sp³-hybridized carbons (Fsp3) is 0.407. The summed E-state index contributed by atoms with van der Waals surface area (Å²) in [7, 11) is 0. The molecule has 0 N–H and O–H groups in total. The van der Waals surface area contributed by atoms with Gasteiger partial charge in [-0.2, -0.15) is 5.10 Å². The van der Waals surface area contributed by atoms with Crippen molar-refractivity contribution in [2.75, 3.05) is 6.54 Å². The quantitative estimate of drug-likeness (QED) is 0.528. The Bertz CT molecular complexity index is 1140. The number of aromatic nitrogens is 2. The third-order valence-corrected chi connectivity index (χ3v) is 6.60. The number of nitrogens with zero attached hydrogens (tertiary/aromatic N) is 4. The molecule has 1 amide bonds. The van der Waals surface area contributed by atoms with Gasteiger partial charge in [0, 0.05) is 43.6 Å². The van der Waals surface area contributed by atoms with Crippen molar-refractivity contribution >= 4 is 5.91 Å². The smallest absolute Gasteiger partial charge is 0.225 e. The molecule has 0 atom stereocenters. The number of benzene rings is 2. The van der Waals surface area contributed by atoms with Crippen molar-refractivity contribution < 1.29 is 9.18 Å². The Labute approximate surface area is 194 Å². The first kappa shape index (κ1) is 21.8. The lowest BCUT2D eigenvalue weighted by Gasteiger charge is -2.29.